The normalized spacial score (nSPS) is 11.6. The molecule has 156 valence electrons. The molecule has 0 heterocycles. The molecule has 0 aliphatic rings. The molecule has 0 aromatic heterocycles. The Kier molecular flexibility index (Phi) is 6.91. The van der Waals surface area contributed by atoms with Crippen LogP contribution in [0.25, 0.3) is 10.8 Å². The highest BCUT2D eigenvalue weighted by Gasteiger charge is 2.19. The maximum Gasteiger partial charge on any atom is 0.306 e. The number of rotatable bonds is 8. The van der Waals surface area contributed by atoms with Gasteiger partial charge in [-0.2, -0.15) is 0 Å². The summed E-state index contributed by atoms with van der Waals surface area (Å²) in [4.78, 5) is 24.7. The summed E-state index contributed by atoms with van der Waals surface area (Å²) in [5.41, 5.74) is 1.60. The van der Waals surface area contributed by atoms with E-state index in [1.807, 2.05) is 54.6 Å². The van der Waals surface area contributed by atoms with Crippen LogP contribution in [0.15, 0.2) is 60.7 Å². The van der Waals surface area contributed by atoms with Crippen LogP contribution >= 0.6 is 0 Å². The molecule has 6 nitrogen and oxygen atoms in total. The van der Waals surface area contributed by atoms with Gasteiger partial charge in [0.05, 0.1) is 14.2 Å². The first-order valence-corrected chi connectivity index (χ1v) is 9.71. The number of carbonyl (C=O) groups is 2. The number of aryl methyl sites for hydroxylation is 1. The van der Waals surface area contributed by atoms with Gasteiger partial charge >= 0.3 is 5.97 Å². The molecule has 1 N–H and O–H groups in total. The molecule has 6 heteroatoms. The molecular formula is C24H25NO5. The summed E-state index contributed by atoms with van der Waals surface area (Å²) in [6.07, 6.45) is -0.278. The van der Waals surface area contributed by atoms with Crippen molar-refractivity contribution in [2.24, 2.45) is 0 Å². The molecule has 0 bridgehead atoms. The van der Waals surface area contributed by atoms with Crippen molar-refractivity contribution in [1.29, 1.82) is 0 Å². The second-order valence-electron chi connectivity index (χ2n) is 6.84. The predicted molar refractivity (Wildman–Crippen MR) is 116 cm³/mol. The van der Waals surface area contributed by atoms with Gasteiger partial charge in [0, 0.05) is 17.5 Å². The molecule has 0 fully saturated rings. The molecule has 0 aliphatic carbocycles. The van der Waals surface area contributed by atoms with Gasteiger partial charge in [0.15, 0.2) is 17.6 Å². The monoisotopic (exact) mass is 407 g/mol. The largest absolute Gasteiger partial charge is 0.493 e. The molecule has 0 saturated heterocycles. The van der Waals surface area contributed by atoms with E-state index in [1.165, 1.54) is 0 Å². The van der Waals surface area contributed by atoms with E-state index < -0.39 is 12.1 Å². The topological polar surface area (TPSA) is 73.9 Å². The van der Waals surface area contributed by atoms with E-state index in [4.69, 9.17) is 14.2 Å². The fraction of sp³-hybridized carbons (Fsp3) is 0.250. The van der Waals surface area contributed by atoms with Crippen LogP contribution in [0.4, 0.5) is 5.69 Å². The van der Waals surface area contributed by atoms with Crippen molar-refractivity contribution in [3.8, 4) is 11.5 Å². The third kappa shape index (κ3) is 5.08. The van der Waals surface area contributed by atoms with E-state index >= 15 is 0 Å². The van der Waals surface area contributed by atoms with Gasteiger partial charge in [-0.1, -0.05) is 42.5 Å². The van der Waals surface area contributed by atoms with Gasteiger partial charge < -0.3 is 19.5 Å². The summed E-state index contributed by atoms with van der Waals surface area (Å²) in [7, 11) is 3.13. The van der Waals surface area contributed by atoms with E-state index in [9.17, 15) is 9.59 Å². The first-order valence-electron chi connectivity index (χ1n) is 9.71. The van der Waals surface area contributed by atoms with Crippen LogP contribution in [-0.4, -0.2) is 32.2 Å². The highest BCUT2D eigenvalue weighted by atomic mass is 16.5. The molecular weight excluding hydrogens is 382 g/mol. The van der Waals surface area contributed by atoms with Crippen molar-refractivity contribution in [2.75, 3.05) is 19.5 Å². The maximum atomic E-state index is 12.5. The molecule has 1 atom stereocenters. The molecule has 3 aromatic rings. The molecule has 1 amide bonds. The number of methoxy groups -OCH3 is 2. The number of amides is 1. The average Bonchev–Trinajstić information content (AvgIpc) is 2.77. The number of anilines is 1. The number of carbonyl (C=O) groups excluding carboxylic acids is 2. The van der Waals surface area contributed by atoms with Crippen LogP contribution in [0.3, 0.4) is 0 Å². The molecule has 0 saturated carbocycles. The maximum absolute atomic E-state index is 12.5. The standard InChI is InChI=1S/C24H25NO5/c1-16(24(27)25-20-10-6-8-18-7-4-5-9-19(18)20)30-23(26)14-12-17-11-13-21(28-2)22(15-17)29-3/h4-11,13,15-16H,12,14H2,1-3H3,(H,25,27)/t16-/m1/s1. The Morgan fingerprint density at radius 3 is 2.43 bits per heavy atom. The smallest absolute Gasteiger partial charge is 0.306 e. The summed E-state index contributed by atoms with van der Waals surface area (Å²) < 4.78 is 15.8. The number of esters is 1. The van der Waals surface area contributed by atoms with Gasteiger partial charge in [0.2, 0.25) is 0 Å². The van der Waals surface area contributed by atoms with Gasteiger partial charge in [-0.3, -0.25) is 9.59 Å². The Hall–Kier alpha value is -3.54. The molecule has 0 radical (unpaired) electrons. The lowest BCUT2D eigenvalue weighted by Gasteiger charge is -2.15. The van der Waals surface area contributed by atoms with Crippen LogP contribution in [0.5, 0.6) is 11.5 Å². The lowest BCUT2D eigenvalue weighted by Crippen LogP contribution is -2.30. The summed E-state index contributed by atoms with van der Waals surface area (Å²) in [6, 6.07) is 18.9. The fourth-order valence-corrected chi connectivity index (χ4v) is 3.16. The number of nitrogens with one attached hydrogen (secondary N) is 1. The number of benzene rings is 3. The van der Waals surface area contributed by atoms with Crippen molar-refractivity contribution in [2.45, 2.75) is 25.9 Å². The first-order chi connectivity index (χ1) is 14.5. The van der Waals surface area contributed by atoms with E-state index in [-0.39, 0.29) is 12.3 Å². The van der Waals surface area contributed by atoms with E-state index in [1.54, 1.807) is 27.2 Å². The van der Waals surface area contributed by atoms with Crippen molar-refractivity contribution >= 4 is 28.3 Å². The molecule has 0 aliphatic heterocycles. The highest BCUT2D eigenvalue weighted by Crippen LogP contribution is 2.28. The third-order valence-electron chi connectivity index (χ3n) is 4.79. The van der Waals surface area contributed by atoms with Crippen LogP contribution < -0.4 is 14.8 Å². The molecule has 3 aromatic carbocycles. The predicted octanol–water partition coefficient (Wildman–Crippen LogP) is 4.36. The Labute approximate surface area is 175 Å². The first kappa shape index (κ1) is 21.2. The number of hydrogen-bond acceptors (Lipinski definition) is 5. The van der Waals surface area contributed by atoms with Gasteiger partial charge in [-0.15, -0.1) is 0 Å². The highest BCUT2D eigenvalue weighted by molar-refractivity contribution is 6.03. The van der Waals surface area contributed by atoms with Crippen molar-refractivity contribution in [3.63, 3.8) is 0 Å². The molecule has 30 heavy (non-hydrogen) atoms. The van der Waals surface area contributed by atoms with Gasteiger partial charge in [-0.25, -0.2) is 0 Å². The summed E-state index contributed by atoms with van der Waals surface area (Å²) in [5, 5.41) is 4.80. The zero-order chi connectivity index (χ0) is 21.5. The Bertz CT molecular complexity index is 1040. The number of fused-ring (bicyclic) bond motifs is 1. The molecule has 3 rings (SSSR count). The van der Waals surface area contributed by atoms with E-state index in [0.717, 1.165) is 16.3 Å². The van der Waals surface area contributed by atoms with Crippen molar-refractivity contribution in [1.82, 2.24) is 0 Å². The number of ether oxygens (including phenoxy) is 3. The minimum Gasteiger partial charge on any atom is -0.493 e. The Morgan fingerprint density at radius 1 is 0.933 bits per heavy atom. The van der Waals surface area contributed by atoms with Crippen LogP contribution in [0, 0.1) is 0 Å². The summed E-state index contributed by atoms with van der Waals surface area (Å²) >= 11 is 0. The van der Waals surface area contributed by atoms with Crippen molar-refractivity contribution < 1.29 is 23.8 Å². The Morgan fingerprint density at radius 2 is 1.67 bits per heavy atom. The quantitative estimate of drug-likeness (QED) is 0.562. The molecule has 0 unspecified atom stereocenters. The zero-order valence-corrected chi connectivity index (χ0v) is 17.3. The van der Waals surface area contributed by atoms with Crippen LogP contribution in [0.1, 0.15) is 18.9 Å². The average molecular weight is 407 g/mol. The fourth-order valence-electron chi connectivity index (χ4n) is 3.16. The van der Waals surface area contributed by atoms with Crippen LogP contribution in [0.2, 0.25) is 0 Å². The van der Waals surface area contributed by atoms with Gasteiger partial charge in [0.1, 0.15) is 0 Å². The second kappa shape index (κ2) is 9.78. The van der Waals surface area contributed by atoms with Gasteiger partial charge in [-0.05, 0) is 42.5 Å². The minimum absolute atomic E-state index is 0.154. The summed E-state index contributed by atoms with van der Waals surface area (Å²) in [5.74, 6) is 0.421. The van der Waals surface area contributed by atoms with Gasteiger partial charge in [0.25, 0.3) is 5.91 Å². The minimum atomic E-state index is -0.901. The lowest BCUT2D eigenvalue weighted by molar-refractivity contribution is -0.153. The van der Waals surface area contributed by atoms with Crippen LogP contribution in [-0.2, 0) is 20.7 Å². The lowest BCUT2D eigenvalue weighted by atomic mass is 10.1. The Balaban J connectivity index is 1.55. The SMILES string of the molecule is COc1ccc(CCC(=O)O[C@H](C)C(=O)Nc2cccc3ccccc23)cc1OC. The van der Waals surface area contributed by atoms with E-state index in [0.29, 0.717) is 23.6 Å². The third-order valence-corrected chi connectivity index (χ3v) is 4.79. The molecule has 0 spiro atoms. The summed E-state index contributed by atoms with van der Waals surface area (Å²) in [6.45, 7) is 1.56. The number of hydrogen-bond donors (Lipinski definition) is 1. The second-order valence-corrected chi connectivity index (χ2v) is 6.84. The van der Waals surface area contributed by atoms with E-state index in [2.05, 4.69) is 5.32 Å². The van der Waals surface area contributed by atoms with Crippen molar-refractivity contribution in [3.05, 3.63) is 66.2 Å². The zero-order valence-electron chi connectivity index (χ0n) is 17.3.